The molecule has 19 heavy (non-hydrogen) atoms. The summed E-state index contributed by atoms with van der Waals surface area (Å²) in [6, 6.07) is 10.0. The summed E-state index contributed by atoms with van der Waals surface area (Å²) in [5, 5.41) is 3.29. The van der Waals surface area contributed by atoms with Crippen molar-refractivity contribution in [2.45, 2.75) is 19.4 Å². The van der Waals surface area contributed by atoms with E-state index in [1.807, 2.05) is 23.1 Å². The Kier molecular flexibility index (Phi) is 4.93. The third-order valence-electron chi connectivity index (χ3n) is 3.40. The lowest BCUT2D eigenvalue weighted by molar-refractivity contribution is -0.129. The second kappa shape index (κ2) is 6.68. The van der Waals surface area contributed by atoms with Crippen molar-refractivity contribution in [3.05, 3.63) is 35.9 Å². The summed E-state index contributed by atoms with van der Waals surface area (Å²) in [4.78, 5) is 14.2. The van der Waals surface area contributed by atoms with Gasteiger partial charge in [0.15, 0.2) is 0 Å². The maximum atomic E-state index is 12.3. The monoisotopic (exact) mass is 262 g/mol. The average molecular weight is 262 g/mol. The number of ether oxygens (including phenoxy) is 1. The van der Waals surface area contributed by atoms with Gasteiger partial charge in [0.05, 0.1) is 19.3 Å². The Balaban J connectivity index is 1.87. The molecule has 0 radical (unpaired) electrons. The van der Waals surface area contributed by atoms with Gasteiger partial charge >= 0.3 is 0 Å². The van der Waals surface area contributed by atoms with Crippen LogP contribution in [0, 0.1) is 5.92 Å². The van der Waals surface area contributed by atoms with E-state index in [1.165, 1.54) is 5.56 Å². The van der Waals surface area contributed by atoms with Gasteiger partial charge in [-0.25, -0.2) is 0 Å². The normalized spacial score (nSPS) is 20.8. The molecule has 1 aromatic rings. The number of methoxy groups -OCH3 is 1. The number of carbonyl (C=O) groups excluding carboxylic acids is 1. The van der Waals surface area contributed by atoms with Crippen LogP contribution in [0.5, 0.6) is 0 Å². The molecule has 1 aliphatic rings. The molecule has 1 heterocycles. The van der Waals surface area contributed by atoms with Crippen molar-refractivity contribution in [1.29, 1.82) is 0 Å². The van der Waals surface area contributed by atoms with Gasteiger partial charge in [-0.15, -0.1) is 0 Å². The van der Waals surface area contributed by atoms with Crippen LogP contribution in [-0.2, 0) is 16.0 Å². The second-order valence-electron chi connectivity index (χ2n) is 5.23. The Morgan fingerprint density at radius 3 is 2.84 bits per heavy atom. The minimum absolute atomic E-state index is 0.0860. The lowest BCUT2D eigenvalue weighted by Gasteiger charge is -2.19. The Labute approximate surface area is 114 Å². The third kappa shape index (κ3) is 3.78. The molecular formula is C15H22N2O2. The Hall–Kier alpha value is -1.39. The van der Waals surface area contributed by atoms with Crippen LogP contribution in [-0.4, -0.2) is 43.8 Å². The molecule has 2 rings (SSSR count). The molecule has 1 saturated heterocycles. The Morgan fingerprint density at radius 2 is 2.16 bits per heavy atom. The summed E-state index contributed by atoms with van der Waals surface area (Å²) >= 11 is 0. The van der Waals surface area contributed by atoms with Gasteiger partial charge in [0.2, 0.25) is 5.91 Å². The fourth-order valence-corrected chi connectivity index (χ4v) is 2.48. The van der Waals surface area contributed by atoms with E-state index in [-0.39, 0.29) is 11.9 Å². The molecule has 2 atom stereocenters. The summed E-state index contributed by atoms with van der Waals surface area (Å²) in [7, 11) is 1.69. The Bertz CT molecular complexity index is 408. The molecule has 0 saturated carbocycles. The Morgan fingerprint density at radius 1 is 1.42 bits per heavy atom. The summed E-state index contributed by atoms with van der Waals surface area (Å²) in [6.07, 6.45) is 0.759. The zero-order valence-electron chi connectivity index (χ0n) is 11.6. The van der Waals surface area contributed by atoms with Crippen LogP contribution in [0.1, 0.15) is 12.5 Å². The molecule has 0 aliphatic carbocycles. The lowest BCUT2D eigenvalue weighted by atomic mass is 10.1. The smallest absolute Gasteiger partial charge is 0.241 e. The van der Waals surface area contributed by atoms with Crippen molar-refractivity contribution >= 4 is 5.91 Å². The first-order chi connectivity index (χ1) is 9.20. The minimum Gasteiger partial charge on any atom is -0.384 e. The number of nitrogens with zero attached hydrogens (tertiary/aromatic N) is 1. The van der Waals surface area contributed by atoms with E-state index in [1.54, 1.807) is 7.11 Å². The van der Waals surface area contributed by atoms with E-state index in [0.29, 0.717) is 19.2 Å². The predicted octanol–water partition coefficient (Wildman–Crippen LogP) is 1.27. The van der Waals surface area contributed by atoms with Gasteiger partial charge in [0, 0.05) is 13.7 Å². The van der Waals surface area contributed by atoms with Crippen molar-refractivity contribution in [2.24, 2.45) is 5.92 Å². The van der Waals surface area contributed by atoms with Crippen molar-refractivity contribution in [3.8, 4) is 0 Å². The van der Waals surface area contributed by atoms with E-state index >= 15 is 0 Å². The highest BCUT2D eigenvalue weighted by molar-refractivity contribution is 5.84. The van der Waals surface area contributed by atoms with E-state index in [2.05, 4.69) is 24.4 Å². The standard InChI is InChI=1S/C15H22N2O2/c1-12(10-19-2)9-17-11-16-14(15(17)18)8-13-6-4-3-5-7-13/h3-7,12,14,16H,8-11H2,1-2H3. The average Bonchev–Trinajstić information content (AvgIpc) is 2.73. The molecule has 0 aromatic heterocycles. The number of nitrogens with one attached hydrogen (secondary N) is 1. The highest BCUT2D eigenvalue weighted by Crippen LogP contribution is 2.12. The van der Waals surface area contributed by atoms with E-state index in [0.717, 1.165) is 13.0 Å². The minimum atomic E-state index is -0.0860. The van der Waals surface area contributed by atoms with Gasteiger partial charge in [0.25, 0.3) is 0 Å². The molecule has 1 N–H and O–H groups in total. The highest BCUT2D eigenvalue weighted by Gasteiger charge is 2.31. The van der Waals surface area contributed by atoms with Crippen molar-refractivity contribution in [3.63, 3.8) is 0 Å². The van der Waals surface area contributed by atoms with Gasteiger partial charge in [-0.2, -0.15) is 0 Å². The topological polar surface area (TPSA) is 41.6 Å². The summed E-state index contributed by atoms with van der Waals surface area (Å²) < 4.78 is 5.11. The van der Waals surface area contributed by atoms with Crippen LogP contribution < -0.4 is 5.32 Å². The quantitative estimate of drug-likeness (QED) is 0.839. The van der Waals surface area contributed by atoms with Crippen molar-refractivity contribution in [2.75, 3.05) is 26.9 Å². The van der Waals surface area contributed by atoms with Gasteiger partial charge < -0.3 is 9.64 Å². The van der Waals surface area contributed by atoms with Crippen LogP contribution >= 0.6 is 0 Å². The first-order valence-electron chi connectivity index (χ1n) is 6.75. The molecule has 104 valence electrons. The predicted molar refractivity (Wildman–Crippen MR) is 74.7 cm³/mol. The zero-order chi connectivity index (χ0) is 13.7. The molecule has 0 spiro atoms. The molecule has 1 aliphatic heterocycles. The number of hydrogen-bond acceptors (Lipinski definition) is 3. The van der Waals surface area contributed by atoms with E-state index < -0.39 is 0 Å². The van der Waals surface area contributed by atoms with Gasteiger partial charge in [-0.05, 0) is 17.9 Å². The van der Waals surface area contributed by atoms with Crippen LogP contribution in [0.25, 0.3) is 0 Å². The van der Waals surface area contributed by atoms with Gasteiger partial charge in [-0.1, -0.05) is 37.3 Å². The molecular weight excluding hydrogens is 240 g/mol. The van der Waals surface area contributed by atoms with E-state index in [9.17, 15) is 4.79 Å². The second-order valence-corrected chi connectivity index (χ2v) is 5.23. The number of rotatable bonds is 6. The first kappa shape index (κ1) is 14.0. The highest BCUT2D eigenvalue weighted by atomic mass is 16.5. The van der Waals surface area contributed by atoms with Crippen LogP contribution in [0.3, 0.4) is 0 Å². The van der Waals surface area contributed by atoms with E-state index in [4.69, 9.17) is 4.74 Å². The fraction of sp³-hybridized carbons (Fsp3) is 0.533. The molecule has 4 nitrogen and oxygen atoms in total. The van der Waals surface area contributed by atoms with Crippen LogP contribution in [0.2, 0.25) is 0 Å². The summed E-state index contributed by atoms with van der Waals surface area (Å²) in [6.45, 7) is 4.18. The van der Waals surface area contributed by atoms with Crippen LogP contribution in [0.4, 0.5) is 0 Å². The molecule has 0 bridgehead atoms. The number of amides is 1. The number of benzene rings is 1. The third-order valence-corrected chi connectivity index (χ3v) is 3.40. The first-order valence-corrected chi connectivity index (χ1v) is 6.75. The SMILES string of the molecule is COCC(C)CN1CNC(Cc2ccccc2)C1=O. The van der Waals surface area contributed by atoms with Crippen molar-refractivity contribution < 1.29 is 9.53 Å². The van der Waals surface area contributed by atoms with Crippen LogP contribution in [0.15, 0.2) is 30.3 Å². The summed E-state index contributed by atoms with van der Waals surface area (Å²) in [5.74, 6) is 0.568. The molecule has 1 fully saturated rings. The van der Waals surface area contributed by atoms with Gasteiger partial charge in [0.1, 0.15) is 0 Å². The number of hydrogen-bond donors (Lipinski definition) is 1. The van der Waals surface area contributed by atoms with Gasteiger partial charge in [-0.3, -0.25) is 10.1 Å². The fourth-order valence-electron chi connectivity index (χ4n) is 2.48. The molecule has 2 unspecified atom stereocenters. The summed E-state index contributed by atoms with van der Waals surface area (Å²) in [5.41, 5.74) is 1.19. The maximum Gasteiger partial charge on any atom is 0.241 e. The maximum absolute atomic E-state index is 12.3. The largest absolute Gasteiger partial charge is 0.384 e. The molecule has 1 aromatic carbocycles. The molecule has 1 amide bonds. The molecule has 4 heteroatoms. The number of carbonyl (C=O) groups is 1. The zero-order valence-corrected chi connectivity index (χ0v) is 11.6. The van der Waals surface area contributed by atoms with Crippen molar-refractivity contribution in [1.82, 2.24) is 10.2 Å². The lowest BCUT2D eigenvalue weighted by Crippen LogP contribution is -2.35.